The van der Waals surface area contributed by atoms with Crippen molar-refractivity contribution in [3.63, 3.8) is 0 Å². The first-order chi connectivity index (χ1) is 13.7. The van der Waals surface area contributed by atoms with Gasteiger partial charge in [-0.05, 0) is 31.2 Å². The minimum atomic E-state index is -0.00596. The van der Waals surface area contributed by atoms with Crippen LogP contribution in [0.1, 0.15) is 15.9 Å². The highest BCUT2D eigenvalue weighted by Crippen LogP contribution is 2.33. The van der Waals surface area contributed by atoms with Crippen LogP contribution < -0.4 is 9.47 Å². The number of carbonyl (C=O) groups excluding carboxylic acids is 1. The molecule has 0 unspecified atom stereocenters. The van der Waals surface area contributed by atoms with E-state index in [9.17, 15) is 4.79 Å². The molecule has 0 N–H and O–H groups in total. The number of allylic oxidation sites excluding steroid dienone is 1. The lowest BCUT2D eigenvalue weighted by molar-refractivity contribution is 0.102. The molecule has 0 radical (unpaired) electrons. The second-order valence-electron chi connectivity index (χ2n) is 6.35. The zero-order valence-electron chi connectivity index (χ0n) is 15.4. The number of fused-ring (bicyclic) bond motifs is 1. The molecule has 28 heavy (non-hydrogen) atoms. The van der Waals surface area contributed by atoms with Crippen molar-refractivity contribution in [3.8, 4) is 22.9 Å². The number of ketones is 1. The van der Waals surface area contributed by atoms with Crippen molar-refractivity contribution in [2.75, 3.05) is 12.5 Å². The van der Waals surface area contributed by atoms with Crippen LogP contribution in [0.3, 0.4) is 0 Å². The first kappa shape index (κ1) is 18.3. The summed E-state index contributed by atoms with van der Waals surface area (Å²) in [5.74, 6) is 2.28. The Kier molecular flexibility index (Phi) is 5.16. The van der Waals surface area contributed by atoms with E-state index in [1.807, 2.05) is 29.7 Å². The van der Waals surface area contributed by atoms with Gasteiger partial charge < -0.3 is 9.47 Å². The molecule has 1 aromatic heterocycles. The van der Waals surface area contributed by atoms with Crippen LogP contribution >= 0.6 is 11.8 Å². The Morgan fingerprint density at radius 1 is 1.21 bits per heavy atom. The number of aromatic nitrogens is 3. The van der Waals surface area contributed by atoms with Gasteiger partial charge >= 0.3 is 0 Å². The predicted molar refractivity (Wildman–Crippen MR) is 108 cm³/mol. The number of ether oxygens (including phenoxy) is 2. The highest BCUT2D eigenvalue weighted by atomic mass is 32.2. The highest BCUT2D eigenvalue weighted by molar-refractivity contribution is 7.99. The number of hydrogen-bond acceptors (Lipinski definition) is 6. The second-order valence-corrected chi connectivity index (χ2v) is 7.30. The van der Waals surface area contributed by atoms with Gasteiger partial charge in [-0.3, -0.25) is 9.36 Å². The molecule has 0 saturated carbocycles. The van der Waals surface area contributed by atoms with E-state index in [0.29, 0.717) is 28.8 Å². The average Bonchev–Trinajstić information content (AvgIpc) is 3.32. The first-order valence-corrected chi connectivity index (χ1v) is 9.81. The van der Waals surface area contributed by atoms with Crippen LogP contribution in [0, 0.1) is 6.92 Å². The molecule has 0 fully saturated rings. The fourth-order valence-electron chi connectivity index (χ4n) is 2.97. The zero-order chi connectivity index (χ0) is 19.5. The summed E-state index contributed by atoms with van der Waals surface area (Å²) in [7, 11) is 0. The summed E-state index contributed by atoms with van der Waals surface area (Å²) in [5.41, 5.74) is 2.73. The lowest BCUT2D eigenvalue weighted by atomic mass is 10.1. The van der Waals surface area contributed by atoms with Crippen LogP contribution in [0.15, 0.2) is 60.3 Å². The quantitative estimate of drug-likeness (QED) is 0.341. The summed E-state index contributed by atoms with van der Waals surface area (Å²) in [6.45, 7) is 6.62. The van der Waals surface area contributed by atoms with Gasteiger partial charge in [0.25, 0.3) is 0 Å². The van der Waals surface area contributed by atoms with E-state index in [-0.39, 0.29) is 18.3 Å². The van der Waals surface area contributed by atoms with Crippen LogP contribution in [0.2, 0.25) is 0 Å². The number of aryl methyl sites for hydroxylation is 1. The van der Waals surface area contributed by atoms with Gasteiger partial charge in [0, 0.05) is 17.7 Å². The normalized spacial score (nSPS) is 12.2. The van der Waals surface area contributed by atoms with Crippen LogP contribution in [0.25, 0.3) is 11.4 Å². The monoisotopic (exact) mass is 393 g/mol. The molecule has 1 aliphatic rings. The SMILES string of the molecule is C=CCn1c(SCC(=O)c2ccc3c(c2)OCO3)nnc1-c1cccc(C)c1. The van der Waals surface area contributed by atoms with Crippen molar-refractivity contribution in [2.24, 2.45) is 0 Å². The Balaban J connectivity index is 1.53. The van der Waals surface area contributed by atoms with Crippen molar-refractivity contribution >= 4 is 17.5 Å². The van der Waals surface area contributed by atoms with Crippen molar-refractivity contribution in [2.45, 2.75) is 18.6 Å². The fraction of sp³-hybridized carbons (Fsp3) is 0.190. The molecule has 7 heteroatoms. The molecule has 2 heterocycles. The number of rotatable bonds is 7. The van der Waals surface area contributed by atoms with Crippen molar-refractivity contribution in [3.05, 3.63) is 66.2 Å². The Morgan fingerprint density at radius 3 is 2.89 bits per heavy atom. The van der Waals surface area contributed by atoms with E-state index in [4.69, 9.17) is 9.47 Å². The Bertz CT molecular complexity index is 1050. The molecular formula is C21H19N3O3S. The van der Waals surface area contributed by atoms with Gasteiger partial charge in [-0.1, -0.05) is 41.6 Å². The molecule has 1 aliphatic heterocycles. The van der Waals surface area contributed by atoms with Gasteiger partial charge in [0.2, 0.25) is 6.79 Å². The van der Waals surface area contributed by atoms with Gasteiger partial charge in [-0.25, -0.2) is 0 Å². The van der Waals surface area contributed by atoms with Crippen LogP contribution in [-0.2, 0) is 6.54 Å². The molecule has 0 saturated heterocycles. The fourth-order valence-corrected chi connectivity index (χ4v) is 3.81. The molecule has 0 amide bonds. The maximum absolute atomic E-state index is 12.6. The molecular weight excluding hydrogens is 374 g/mol. The molecule has 0 spiro atoms. The van der Waals surface area contributed by atoms with Crippen molar-refractivity contribution < 1.29 is 14.3 Å². The maximum atomic E-state index is 12.6. The third-order valence-corrected chi connectivity index (χ3v) is 5.30. The molecule has 142 valence electrons. The Labute approximate surface area is 167 Å². The first-order valence-electron chi connectivity index (χ1n) is 8.82. The minimum absolute atomic E-state index is 0.00596. The van der Waals surface area contributed by atoms with E-state index < -0.39 is 0 Å². The summed E-state index contributed by atoms with van der Waals surface area (Å²) in [6, 6.07) is 13.3. The largest absolute Gasteiger partial charge is 0.454 e. The lowest BCUT2D eigenvalue weighted by Crippen LogP contribution is -2.05. The number of carbonyl (C=O) groups is 1. The summed E-state index contributed by atoms with van der Waals surface area (Å²) in [4.78, 5) is 12.6. The smallest absolute Gasteiger partial charge is 0.231 e. The van der Waals surface area contributed by atoms with Crippen LogP contribution in [-0.4, -0.2) is 33.1 Å². The molecule has 3 aromatic rings. The summed E-state index contributed by atoms with van der Waals surface area (Å²) < 4.78 is 12.6. The molecule has 4 rings (SSSR count). The van der Waals surface area contributed by atoms with Gasteiger partial charge in [0.1, 0.15) is 0 Å². The van der Waals surface area contributed by atoms with Gasteiger partial charge in [-0.15, -0.1) is 16.8 Å². The standard InChI is InChI=1S/C21H19N3O3S/c1-3-9-24-20(16-6-4-5-14(2)10-16)22-23-21(24)28-12-17(25)15-7-8-18-19(11-15)27-13-26-18/h3-8,10-11H,1,9,12-13H2,2H3. The number of benzene rings is 2. The molecule has 0 atom stereocenters. The van der Waals surface area contributed by atoms with Crippen molar-refractivity contribution in [1.82, 2.24) is 14.8 Å². The highest BCUT2D eigenvalue weighted by Gasteiger charge is 2.18. The van der Waals surface area contributed by atoms with Crippen molar-refractivity contribution in [1.29, 1.82) is 0 Å². The number of hydrogen-bond donors (Lipinski definition) is 0. The molecule has 2 aromatic carbocycles. The molecule has 0 bridgehead atoms. The van der Waals surface area contributed by atoms with E-state index in [1.165, 1.54) is 11.8 Å². The van der Waals surface area contributed by atoms with Gasteiger partial charge in [-0.2, -0.15) is 0 Å². The molecule has 0 aliphatic carbocycles. The molecule has 6 nitrogen and oxygen atoms in total. The number of nitrogens with zero attached hydrogens (tertiary/aromatic N) is 3. The van der Waals surface area contributed by atoms with E-state index in [2.05, 4.69) is 22.8 Å². The Morgan fingerprint density at radius 2 is 2.07 bits per heavy atom. The second kappa shape index (κ2) is 7.90. The van der Waals surface area contributed by atoms with E-state index in [1.54, 1.807) is 24.3 Å². The number of thioether (sulfide) groups is 1. The third-order valence-electron chi connectivity index (χ3n) is 4.33. The number of Topliss-reactive ketones (excluding diaryl/α,β-unsaturated/α-hetero) is 1. The van der Waals surface area contributed by atoms with E-state index >= 15 is 0 Å². The zero-order valence-corrected chi connectivity index (χ0v) is 16.2. The van der Waals surface area contributed by atoms with Gasteiger partial charge in [0.05, 0.1) is 5.75 Å². The summed E-state index contributed by atoms with van der Waals surface area (Å²) in [5, 5.41) is 9.32. The maximum Gasteiger partial charge on any atom is 0.231 e. The predicted octanol–water partition coefficient (Wildman–Crippen LogP) is 4.14. The Hall–Kier alpha value is -3.06. The van der Waals surface area contributed by atoms with Gasteiger partial charge in [0.15, 0.2) is 28.3 Å². The summed E-state index contributed by atoms with van der Waals surface area (Å²) >= 11 is 1.36. The van der Waals surface area contributed by atoms with E-state index in [0.717, 1.165) is 17.0 Å². The topological polar surface area (TPSA) is 66.2 Å². The lowest BCUT2D eigenvalue weighted by Gasteiger charge is -2.08. The third kappa shape index (κ3) is 3.66. The van der Waals surface area contributed by atoms with Crippen LogP contribution in [0.5, 0.6) is 11.5 Å². The summed E-state index contributed by atoms with van der Waals surface area (Å²) in [6.07, 6.45) is 1.80. The average molecular weight is 393 g/mol. The van der Waals surface area contributed by atoms with Crippen LogP contribution in [0.4, 0.5) is 0 Å². The minimum Gasteiger partial charge on any atom is -0.454 e.